The van der Waals surface area contributed by atoms with Gasteiger partial charge in [-0.2, -0.15) is 5.10 Å². The number of benzene rings is 1. The standard InChI is InChI=1S/C13H11N7O2/c14-19-13(22)10-5-3-8-9(4-7(5)18-12(10)21)17-11(16-8)6-1-2-15-20-6/h1-4,10H,14H2,(H,15,20)(H,16,17)(H,18,21)(H,19,22). The van der Waals surface area contributed by atoms with E-state index in [1.165, 1.54) is 0 Å². The van der Waals surface area contributed by atoms with Gasteiger partial charge >= 0.3 is 0 Å². The summed E-state index contributed by atoms with van der Waals surface area (Å²) in [6, 6.07) is 5.24. The predicted octanol–water partition coefficient (Wildman–Crippen LogP) is -0.0214. The molecule has 9 nitrogen and oxygen atoms in total. The first-order chi connectivity index (χ1) is 10.7. The number of hydrogen-bond donors (Lipinski definition) is 5. The molecule has 0 bridgehead atoms. The van der Waals surface area contributed by atoms with Crippen LogP contribution in [0.5, 0.6) is 0 Å². The number of carbonyl (C=O) groups excluding carboxylic acids is 2. The number of nitrogens with two attached hydrogens (primary N) is 1. The van der Waals surface area contributed by atoms with E-state index in [-0.39, 0.29) is 0 Å². The van der Waals surface area contributed by atoms with Crippen molar-refractivity contribution in [2.45, 2.75) is 5.92 Å². The van der Waals surface area contributed by atoms with E-state index < -0.39 is 17.7 Å². The molecule has 0 spiro atoms. The molecular weight excluding hydrogens is 286 g/mol. The van der Waals surface area contributed by atoms with Crippen molar-refractivity contribution in [3.8, 4) is 11.5 Å². The number of amides is 2. The summed E-state index contributed by atoms with van der Waals surface area (Å²) in [7, 11) is 0. The Morgan fingerprint density at radius 2 is 2.23 bits per heavy atom. The van der Waals surface area contributed by atoms with Gasteiger partial charge in [0.25, 0.3) is 5.91 Å². The molecule has 0 aliphatic carbocycles. The SMILES string of the molecule is NNC(=O)C1C(=O)Nc2cc3[nH]c(-c4cc[nH]n4)nc3cc21. The number of hydrogen-bond acceptors (Lipinski definition) is 5. The molecular formula is C13H11N7O2. The number of carbonyl (C=O) groups is 2. The Bertz CT molecular complexity index is 897. The van der Waals surface area contributed by atoms with Crippen molar-refractivity contribution in [1.29, 1.82) is 0 Å². The van der Waals surface area contributed by atoms with E-state index in [2.05, 4.69) is 25.5 Å². The highest BCUT2D eigenvalue weighted by Crippen LogP contribution is 2.35. The zero-order valence-corrected chi connectivity index (χ0v) is 11.2. The quantitative estimate of drug-likeness (QED) is 0.195. The Kier molecular flexibility index (Phi) is 2.51. The van der Waals surface area contributed by atoms with E-state index in [0.29, 0.717) is 28.3 Å². The number of nitrogens with one attached hydrogen (secondary N) is 4. The van der Waals surface area contributed by atoms with Gasteiger partial charge in [-0.05, 0) is 23.8 Å². The van der Waals surface area contributed by atoms with E-state index in [1.807, 2.05) is 5.43 Å². The summed E-state index contributed by atoms with van der Waals surface area (Å²) in [5.74, 6) is 3.82. The lowest BCUT2D eigenvalue weighted by atomic mass is 9.99. The highest BCUT2D eigenvalue weighted by molar-refractivity contribution is 6.17. The fourth-order valence-electron chi connectivity index (χ4n) is 2.62. The first-order valence-electron chi connectivity index (χ1n) is 6.52. The molecule has 0 saturated carbocycles. The average molecular weight is 297 g/mol. The van der Waals surface area contributed by atoms with Crippen LogP contribution in [0.25, 0.3) is 22.6 Å². The van der Waals surface area contributed by atoms with Crippen molar-refractivity contribution >= 4 is 28.5 Å². The Morgan fingerprint density at radius 3 is 2.95 bits per heavy atom. The van der Waals surface area contributed by atoms with Crippen LogP contribution in [0.4, 0.5) is 5.69 Å². The molecule has 0 saturated heterocycles. The fourth-order valence-corrected chi connectivity index (χ4v) is 2.62. The molecule has 3 heterocycles. The minimum Gasteiger partial charge on any atom is -0.337 e. The van der Waals surface area contributed by atoms with Gasteiger partial charge in [0, 0.05) is 11.9 Å². The van der Waals surface area contributed by atoms with Gasteiger partial charge in [-0.25, -0.2) is 10.8 Å². The van der Waals surface area contributed by atoms with Crippen molar-refractivity contribution in [3.05, 3.63) is 30.0 Å². The second-order valence-corrected chi connectivity index (χ2v) is 4.93. The van der Waals surface area contributed by atoms with Crippen LogP contribution in [0.2, 0.25) is 0 Å². The number of imidazole rings is 1. The van der Waals surface area contributed by atoms with Crippen LogP contribution in [0.1, 0.15) is 11.5 Å². The maximum Gasteiger partial charge on any atom is 0.251 e. The minimum atomic E-state index is -0.963. The van der Waals surface area contributed by atoms with Crippen molar-refractivity contribution in [2.75, 3.05) is 5.32 Å². The largest absolute Gasteiger partial charge is 0.337 e. The number of fused-ring (bicyclic) bond motifs is 2. The minimum absolute atomic E-state index is 0.405. The van der Waals surface area contributed by atoms with E-state index in [0.717, 1.165) is 5.52 Å². The smallest absolute Gasteiger partial charge is 0.251 e. The third kappa shape index (κ3) is 1.69. The zero-order valence-electron chi connectivity index (χ0n) is 11.2. The van der Waals surface area contributed by atoms with E-state index >= 15 is 0 Å². The predicted molar refractivity (Wildman–Crippen MR) is 77.4 cm³/mol. The van der Waals surface area contributed by atoms with Crippen LogP contribution in [-0.4, -0.2) is 32.0 Å². The van der Waals surface area contributed by atoms with Crippen LogP contribution >= 0.6 is 0 Å². The number of hydrazine groups is 1. The lowest BCUT2D eigenvalue weighted by Crippen LogP contribution is -2.37. The van der Waals surface area contributed by atoms with Gasteiger partial charge in [-0.3, -0.25) is 20.1 Å². The van der Waals surface area contributed by atoms with Gasteiger partial charge < -0.3 is 10.3 Å². The lowest BCUT2D eigenvalue weighted by Gasteiger charge is -2.05. The summed E-state index contributed by atoms with van der Waals surface area (Å²) in [6.07, 6.45) is 1.70. The molecule has 1 aliphatic rings. The summed E-state index contributed by atoms with van der Waals surface area (Å²) >= 11 is 0. The number of anilines is 1. The Balaban J connectivity index is 1.85. The molecule has 22 heavy (non-hydrogen) atoms. The fraction of sp³-hybridized carbons (Fsp3) is 0.0769. The maximum absolute atomic E-state index is 11.9. The second kappa shape index (κ2) is 4.40. The maximum atomic E-state index is 11.9. The normalized spacial score (nSPS) is 16.6. The van der Waals surface area contributed by atoms with Gasteiger partial charge in [0.2, 0.25) is 5.91 Å². The zero-order chi connectivity index (χ0) is 15.3. The summed E-state index contributed by atoms with van der Waals surface area (Å²) in [5, 5.41) is 9.45. The van der Waals surface area contributed by atoms with Crippen LogP contribution in [-0.2, 0) is 9.59 Å². The van der Waals surface area contributed by atoms with Crippen molar-refractivity contribution in [1.82, 2.24) is 25.6 Å². The van der Waals surface area contributed by atoms with Gasteiger partial charge in [-0.15, -0.1) is 0 Å². The second-order valence-electron chi connectivity index (χ2n) is 4.93. The molecule has 3 aromatic rings. The van der Waals surface area contributed by atoms with Gasteiger partial charge in [-0.1, -0.05) is 0 Å². The average Bonchev–Trinajstić information content (AvgIpc) is 3.20. The molecule has 1 aromatic carbocycles. The summed E-state index contributed by atoms with van der Waals surface area (Å²) in [6.45, 7) is 0. The van der Waals surface area contributed by atoms with Crippen LogP contribution < -0.4 is 16.6 Å². The van der Waals surface area contributed by atoms with E-state index in [9.17, 15) is 9.59 Å². The third-order valence-corrected chi connectivity index (χ3v) is 3.63. The number of rotatable bonds is 2. The monoisotopic (exact) mass is 297 g/mol. The van der Waals surface area contributed by atoms with Gasteiger partial charge in [0.1, 0.15) is 11.6 Å². The van der Waals surface area contributed by atoms with Crippen LogP contribution in [0.3, 0.4) is 0 Å². The number of aromatic nitrogens is 4. The van der Waals surface area contributed by atoms with Gasteiger partial charge in [0.15, 0.2) is 5.82 Å². The molecule has 1 atom stereocenters. The Morgan fingerprint density at radius 1 is 1.36 bits per heavy atom. The first-order valence-corrected chi connectivity index (χ1v) is 6.52. The number of aromatic amines is 2. The van der Waals surface area contributed by atoms with E-state index in [4.69, 9.17) is 5.84 Å². The summed E-state index contributed by atoms with van der Waals surface area (Å²) < 4.78 is 0. The lowest BCUT2D eigenvalue weighted by molar-refractivity contribution is -0.128. The molecule has 1 aliphatic heterocycles. The summed E-state index contributed by atoms with van der Waals surface area (Å²) in [4.78, 5) is 31.3. The number of H-pyrrole nitrogens is 2. The van der Waals surface area contributed by atoms with Gasteiger partial charge in [0.05, 0.1) is 11.0 Å². The third-order valence-electron chi connectivity index (χ3n) is 3.63. The summed E-state index contributed by atoms with van der Waals surface area (Å²) in [5.41, 5.74) is 5.20. The topological polar surface area (TPSA) is 142 Å². The molecule has 2 amide bonds. The molecule has 0 fully saturated rings. The highest BCUT2D eigenvalue weighted by Gasteiger charge is 2.36. The van der Waals surface area contributed by atoms with Crippen LogP contribution in [0.15, 0.2) is 24.4 Å². The van der Waals surface area contributed by atoms with E-state index in [1.54, 1.807) is 24.4 Å². The van der Waals surface area contributed by atoms with Crippen molar-refractivity contribution in [2.24, 2.45) is 5.84 Å². The number of nitrogens with zero attached hydrogens (tertiary/aromatic N) is 2. The molecule has 2 aromatic heterocycles. The van der Waals surface area contributed by atoms with Crippen molar-refractivity contribution in [3.63, 3.8) is 0 Å². The molecule has 0 radical (unpaired) electrons. The van der Waals surface area contributed by atoms with Crippen molar-refractivity contribution < 1.29 is 9.59 Å². The Labute approximate surface area is 123 Å². The molecule has 110 valence electrons. The molecule has 6 N–H and O–H groups in total. The molecule has 1 unspecified atom stereocenters. The molecule has 9 heteroatoms. The Hall–Kier alpha value is -3.20. The first kappa shape index (κ1) is 12.5. The van der Waals surface area contributed by atoms with Crippen LogP contribution in [0, 0.1) is 0 Å². The highest BCUT2D eigenvalue weighted by atomic mass is 16.2. The molecule has 4 rings (SSSR count).